The van der Waals surface area contributed by atoms with Gasteiger partial charge in [0.05, 0.1) is 5.69 Å². The maximum absolute atomic E-state index is 12.7. The van der Waals surface area contributed by atoms with E-state index >= 15 is 0 Å². The summed E-state index contributed by atoms with van der Waals surface area (Å²) >= 11 is 0. The standard InChI is InChI=1S/C8H8FN3O2/c9-4-1-2-5-6(3-4)14-8(13)7(11-5)12-10/h1-3,7,11-12H,10H2. The highest BCUT2D eigenvalue weighted by atomic mass is 19.1. The molecule has 1 heterocycles. The van der Waals surface area contributed by atoms with E-state index in [-0.39, 0.29) is 5.75 Å². The van der Waals surface area contributed by atoms with Crippen LogP contribution in [0.5, 0.6) is 5.75 Å². The zero-order valence-corrected chi connectivity index (χ0v) is 7.08. The van der Waals surface area contributed by atoms with Crippen molar-refractivity contribution < 1.29 is 13.9 Å². The van der Waals surface area contributed by atoms with Crippen LogP contribution in [0.2, 0.25) is 0 Å². The number of carbonyl (C=O) groups excluding carboxylic acids is 1. The number of ether oxygens (including phenoxy) is 1. The van der Waals surface area contributed by atoms with E-state index < -0.39 is 18.0 Å². The maximum atomic E-state index is 12.7. The van der Waals surface area contributed by atoms with E-state index in [4.69, 9.17) is 10.6 Å². The molecule has 0 spiro atoms. The number of esters is 1. The van der Waals surface area contributed by atoms with Gasteiger partial charge in [-0.3, -0.25) is 5.84 Å². The normalized spacial score (nSPS) is 19.6. The van der Waals surface area contributed by atoms with Gasteiger partial charge in [0.2, 0.25) is 0 Å². The minimum Gasteiger partial charge on any atom is -0.422 e. The van der Waals surface area contributed by atoms with Crippen molar-refractivity contribution in [2.75, 3.05) is 5.32 Å². The molecule has 0 bridgehead atoms. The van der Waals surface area contributed by atoms with Gasteiger partial charge >= 0.3 is 5.97 Å². The van der Waals surface area contributed by atoms with E-state index in [1.165, 1.54) is 12.1 Å². The summed E-state index contributed by atoms with van der Waals surface area (Å²) in [6, 6.07) is 3.87. The van der Waals surface area contributed by atoms with Crippen LogP contribution in [0.1, 0.15) is 0 Å². The van der Waals surface area contributed by atoms with Crippen LogP contribution in [0.4, 0.5) is 10.1 Å². The van der Waals surface area contributed by atoms with Crippen molar-refractivity contribution in [1.29, 1.82) is 0 Å². The van der Waals surface area contributed by atoms with Crippen LogP contribution in [-0.2, 0) is 4.79 Å². The first-order valence-electron chi connectivity index (χ1n) is 3.94. The van der Waals surface area contributed by atoms with Gasteiger partial charge in [-0.2, -0.15) is 0 Å². The summed E-state index contributed by atoms with van der Waals surface area (Å²) in [5.74, 6) is 4.21. The Morgan fingerprint density at radius 1 is 1.57 bits per heavy atom. The van der Waals surface area contributed by atoms with Crippen molar-refractivity contribution in [3.8, 4) is 5.75 Å². The van der Waals surface area contributed by atoms with Crippen LogP contribution in [0.3, 0.4) is 0 Å². The predicted octanol–water partition coefficient (Wildman–Crippen LogP) is -0.0540. The largest absolute Gasteiger partial charge is 0.422 e. The highest BCUT2D eigenvalue weighted by Crippen LogP contribution is 2.29. The average molecular weight is 197 g/mol. The lowest BCUT2D eigenvalue weighted by Crippen LogP contribution is -2.50. The molecule has 0 saturated carbocycles. The molecule has 0 aliphatic carbocycles. The first-order valence-corrected chi connectivity index (χ1v) is 3.94. The lowest BCUT2D eigenvalue weighted by atomic mass is 10.2. The monoisotopic (exact) mass is 197 g/mol. The van der Waals surface area contributed by atoms with Crippen LogP contribution in [0.15, 0.2) is 18.2 Å². The molecule has 1 aliphatic rings. The Morgan fingerprint density at radius 3 is 3.07 bits per heavy atom. The van der Waals surface area contributed by atoms with E-state index in [0.717, 1.165) is 6.07 Å². The minimum absolute atomic E-state index is 0.168. The van der Waals surface area contributed by atoms with Crippen molar-refractivity contribution in [3.05, 3.63) is 24.0 Å². The molecule has 0 amide bonds. The molecule has 5 nitrogen and oxygen atoms in total. The molecule has 74 valence electrons. The Labute approximate surface area is 79.0 Å². The fourth-order valence-electron chi connectivity index (χ4n) is 1.19. The number of fused-ring (bicyclic) bond motifs is 1. The highest BCUT2D eigenvalue weighted by molar-refractivity contribution is 5.86. The fourth-order valence-corrected chi connectivity index (χ4v) is 1.19. The van der Waals surface area contributed by atoms with E-state index in [0.29, 0.717) is 5.69 Å². The zero-order chi connectivity index (χ0) is 10.1. The van der Waals surface area contributed by atoms with Crippen LogP contribution >= 0.6 is 0 Å². The molecule has 4 N–H and O–H groups in total. The van der Waals surface area contributed by atoms with Crippen molar-refractivity contribution in [3.63, 3.8) is 0 Å². The van der Waals surface area contributed by atoms with Gasteiger partial charge in [0.15, 0.2) is 11.9 Å². The topological polar surface area (TPSA) is 76.4 Å². The lowest BCUT2D eigenvalue weighted by Gasteiger charge is -2.24. The first-order chi connectivity index (χ1) is 6.70. The molecule has 1 aromatic rings. The second kappa shape index (κ2) is 3.24. The van der Waals surface area contributed by atoms with Crippen LogP contribution < -0.4 is 21.3 Å². The molecule has 0 aromatic heterocycles. The summed E-state index contributed by atoms with van der Waals surface area (Å²) in [4.78, 5) is 11.1. The second-order valence-electron chi connectivity index (χ2n) is 2.81. The van der Waals surface area contributed by atoms with Crippen molar-refractivity contribution in [2.45, 2.75) is 6.17 Å². The number of halogens is 1. The Kier molecular flexibility index (Phi) is 2.06. The van der Waals surface area contributed by atoms with Crippen LogP contribution in [0, 0.1) is 5.82 Å². The summed E-state index contributed by atoms with van der Waals surface area (Å²) in [5.41, 5.74) is 2.75. The Bertz CT molecular complexity index is 383. The number of rotatable bonds is 1. The molecule has 1 unspecified atom stereocenters. The van der Waals surface area contributed by atoms with Crippen molar-refractivity contribution in [2.24, 2.45) is 5.84 Å². The third-order valence-electron chi connectivity index (χ3n) is 1.86. The molecule has 0 saturated heterocycles. The number of hydrogen-bond donors (Lipinski definition) is 3. The number of hydrazine groups is 1. The van der Waals surface area contributed by atoms with Gasteiger partial charge in [-0.1, -0.05) is 0 Å². The molecule has 1 atom stereocenters. The Morgan fingerprint density at radius 2 is 2.36 bits per heavy atom. The highest BCUT2D eigenvalue weighted by Gasteiger charge is 2.26. The number of carbonyl (C=O) groups is 1. The molecule has 14 heavy (non-hydrogen) atoms. The van der Waals surface area contributed by atoms with Crippen LogP contribution in [0.25, 0.3) is 0 Å². The molecule has 1 aromatic carbocycles. The molecule has 1 aliphatic heterocycles. The summed E-state index contributed by atoms with van der Waals surface area (Å²) in [6.07, 6.45) is -0.798. The second-order valence-corrected chi connectivity index (χ2v) is 2.81. The van der Waals surface area contributed by atoms with Gasteiger partial charge in [0.1, 0.15) is 5.82 Å². The van der Waals surface area contributed by atoms with E-state index in [2.05, 4.69) is 10.7 Å². The summed E-state index contributed by atoms with van der Waals surface area (Å²) < 4.78 is 17.6. The Balaban J connectivity index is 2.35. The van der Waals surface area contributed by atoms with Gasteiger partial charge in [0, 0.05) is 6.07 Å². The number of anilines is 1. The molecule has 0 fully saturated rings. The van der Waals surface area contributed by atoms with Gasteiger partial charge in [-0.15, -0.1) is 0 Å². The molecule has 2 rings (SSSR count). The van der Waals surface area contributed by atoms with Crippen molar-refractivity contribution in [1.82, 2.24) is 5.43 Å². The molecular weight excluding hydrogens is 189 g/mol. The van der Waals surface area contributed by atoms with E-state index in [9.17, 15) is 9.18 Å². The smallest absolute Gasteiger partial charge is 0.350 e. The number of nitrogens with two attached hydrogens (primary N) is 1. The average Bonchev–Trinajstić information content (AvgIpc) is 2.16. The summed E-state index contributed by atoms with van der Waals surface area (Å²) in [5, 5.41) is 2.75. The molecule has 6 heteroatoms. The van der Waals surface area contributed by atoms with Gasteiger partial charge in [0.25, 0.3) is 0 Å². The molecular formula is C8H8FN3O2. The number of hydrogen-bond acceptors (Lipinski definition) is 5. The van der Waals surface area contributed by atoms with Gasteiger partial charge < -0.3 is 10.1 Å². The third-order valence-corrected chi connectivity index (χ3v) is 1.86. The fraction of sp³-hybridized carbons (Fsp3) is 0.125. The summed E-state index contributed by atoms with van der Waals surface area (Å²) in [6.45, 7) is 0. The van der Waals surface area contributed by atoms with Crippen LogP contribution in [-0.4, -0.2) is 12.1 Å². The Hall–Kier alpha value is -1.66. The predicted molar refractivity (Wildman–Crippen MR) is 46.8 cm³/mol. The van der Waals surface area contributed by atoms with Crippen molar-refractivity contribution >= 4 is 11.7 Å². The lowest BCUT2D eigenvalue weighted by molar-refractivity contribution is -0.136. The van der Waals surface area contributed by atoms with Gasteiger partial charge in [-0.05, 0) is 12.1 Å². The zero-order valence-electron chi connectivity index (χ0n) is 7.08. The number of benzene rings is 1. The van der Waals surface area contributed by atoms with Gasteiger partial charge in [-0.25, -0.2) is 14.6 Å². The minimum atomic E-state index is -0.798. The SMILES string of the molecule is NNC1Nc2ccc(F)cc2OC1=O. The summed E-state index contributed by atoms with van der Waals surface area (Å²) in [7, 11) is 0. The van der Waals surface area contributed by atoms with E-state index in [1.54, 1.807) is 0 Å². The maximum Gasteiger partial charge on any atom is 0.350 e. The third kappa shape index (κ3) is 1.40. The van der Waals surface area contributed by atoms with E-state index in [1.807, 2.05) is 0 Å². The quantitative estimate of drug-likeness (QED) is 0.254. The molecule has 0 radical (unpaired) electrons. The first kappa shape index (κ1) is 8.92. The number of nitrogens with one attached hydrogen (secondary N) is 2.